The molecule has 0 aliphatic rings. The predicted octanol–water partition coefficient (Wildman–Crippen LogP) is 1.70. The first kappa shape index (κ1) is 19.7. The molecule has 0 fully saturated rings. The van der Waals surface area contributed by atoms with E-state index in [9.17, 15) is 4.79 Å². The van der Waals surface area contributed by atoms with Gasteiger partial charge in [-0.25, -0.2) is 0 Å². The van der Waals surface area contributed by atoms with Crippen molar-refractivity contribution in [3.8, 4) is 5.75 Å². The highest BCUT2D eigenvalue weighted by atomic mass is 35.5. The average molecular weight is 317 g/mol. The lowest BCUT2D eigenvalue weighted by Crippen LogP contribution is -2.45. The maximum atomic E-state index is 11.9. The highest BCUT2D eigenvalue weighted by molar-refractivity contribution is 5.85. The van der Waals surface area contributed by atoms with Gasteiger partial charge in [-0.3, -0.25) is 4.79 Å². The fraction of sp³-hybridized carbons (Fsp3) is 0.533. The van der Waals surface area contributed by atoms with E-state index in [0.29, 0.717) is 13.2 Å². The number of para-hydroxylation sites is 1. The smallest absolute Gasteiger partial charge is 0.234 e. The summed E-state index contributed by atoms with van der Waals surface area (Å²) in [6.07, 6.45) is 0. The zero-order chi connectivity index (χ0) is 15.0. The summed E-state index contributed by atoms with van der Waals surface area (Å²) in [7, 11) is 3.26. The Morgan fingerprint density at radius 2 is 1.90 bits per heavy atom. The van der Waals surface area contributed by atoms with E-state index in [2.05, 4.69) is 10.6 Å². The van der Waals surface area contributed by atoms with Gasteiger partial charge < -0.3 is 20.1 Å². The summed E-state index contributed by atoms with van der Waals surface area (Å²) in [5, 5.41) is 6.02. The van der Waals surface area contributed by atoms with Crippen LogP contribution in [0.4, 0.5) is 0 Å². The van der Waals surface area contributed by atoms with Crippen molar-refractivity contribution in [3.63, 3.8) is 0 Å². The quantitative estimate of drug-likeness (QED) is 0.717. The van der Waals surface area contributed by atoms with Gasteiger partial charge >= 0.3 is 0 Å². The molecule has 0 spiro atoms. The second kappa shape index (κ2) is 9.60. The maximum Gasteiger partial charge on any atom is 0.234 e. The molecule has 21 heavy (non-hydrogen) atoms. The van der Waals surface area contributed by atoms with Crippen LogP contribution in [0.5, 0.6) is 5.75 Å². The summed E-state index contributed by atoms with van der Waals surface area (Å²) in [6, 6.07) is 7.69. The second-order valence-corrected chi connectivity index (χ2v) is 5.04. The molecule has 0 heterocycles. The number of nitrogens with one attached hydrogen (secondary N) is 2. The molecule has 0 saturated carbocycles. The molecule has 120 valence electrons. The van der Waals surface area contributed by atoms with Crippen LogP contribution in [0, 0.1) is 0 Å². The molecule has 0 aliphatic carbocycles. The number of methoxy groups -OCH3 is 2. The third kappa shape index (κ3) is 6.33. The van der Waals surface area contributed by atoms with Crippen LogP contribution in [0.2, 0.25) is 0 Å². The second-order valence-electron chi connectivity index (χ2n) is 5.04. The summed E-state index contributed by atoms with van der Waals surface area (Å²) in [5.41, 5.74) is 0.458. The molecule has 0 bridgehead atoms. The maximum absolute atomic E-state index is 11.9. The van der Waals surface area contributed by atoms with E-state index < -0.39 is 5.54 Å². The molecular formula is C15H25ClN2O3. The van der Waals surface area contributed by atoms with Crippen LogP contribution >= 0.6 is 12.4 Å². The molecule has 6 heteroatoms. The van der Waals surface area contributed by atoms with Crippen LogP contribution < -0.4 is 15.4 Å². The van der Waals surface area contributed by atoms with Crippen LogP contribution in [0.3, 0.4) is 0 Å². The minimum Gasteiger partial charge on any atom is -0.496 e. The van der Waals surface area contributed by atoms with Gasteiger partial charge in [0.25, 0.3) is 0 Å². The van der Waals surface area contributed by atoms with E-state index in [1.807, 2.05) is 38.1 Å². The van der Waals surface area contributed by atoms with Gasteiger partial charge in [0, 0.05) is 19.2 Å². The topological polar surface area (TPSA) is 59.6 Å². The SMILES string of the molecule is COCCNCC(=O)NC(C)(C)c1ccccc1OC.Cl. The fourth-order valence-corrected chi connectivity index (χ4v) is 2.00. The van der Waals surface area contributed by atoms with E-state index in [1.165, 1.54) is 0 Å². The van der Waals surface area contributed by atoms with Gasteiger partial charge in [-0.15, -0.1) is 12.4 Å². The molecule has 0 aliphatic heterocycles. The van der Waals surface area contributed by atoms with Crippen LogP contribution in [0.1, 0.15) is 19.4 Å². The lowest BCUT2D eigenvalue weighted by Gasteiger charge is -2.28. The summed E-state index contributed by atoms with van der Waals surface area (Å²) in [4.78, 5) is 11.9. The van der Waals surface area contributed by atoms with Crippen LogP contribution in [-0.4, -0.2) is 39.8 Å². The van der Waals surface area contributed by atoms with Crippen molar-refractivity contribution in [3.05, 3.63) is 29.8 Å². The molecular weight excluding hydrogens is 292 g/mol. The molecule has 1 rings (SSSR count). The molecule has 1 aromatic rings. The molecule has 0 saturated heterocycles. The van der Waals surface area contributed by atoms with E-state index in [-0.39, 0.29) is 24.9 Å². The van der Waals surface area contributed by atoms with Crippen molar-refractivity contribution in [2.24, 2.45) is 0 Å². The van der Waals surface area contributed by atoms with Crippen molar-refractivity contribution in [2.45, 2.75) is 19.4 Å². The van der Waals surface area contributed by atoms with Crippen molar-refractivity contribution < 1.29 is 14.3 Å². The van der Waals surface area contributed by atoms with Gasteiger partial charge in [-0.2, -0.15) is 0 Å². The number of carbonyl (C=O) groups is 1. The third-order valence-corrected chi connectivity index (χ3v) is 3.00. The largest absolute Gasteiger partial charge is 0.496 e. The lowest BCUT2D eigenvalue weighted by atomic mass is 9.93. The van der Waals surface area contributed by atoms with Crippen molar-refractivity contribution in [2.75, 3.05) is 33.9 Å². The zero-order valence-corrected chi connectivity index (χ0v) is 13.9. The monoisotopic (exact) mass is 316 g/mol. The van der Waals surface area contributed by atoms with E-state index in [1.54, 1.807) is 14.2 Å². The van der Waals surface area contributed by atoms with E-state index >= 15 is 0 Å². The number of carbonyl (C=O) groups excluding carboxylic acids is 1. The predicted molar refractivity (Wildman–Crippen MR) is 86.2 cm³/mol. The van der Waals surface area contributed by atoms with Crippen molar-refractivity contribution >= 4 is 18.3 Å². The first-order valence-electron chi connectivity index (χ1n) is 6.65. The number of halogens is 1. The minimum atomic E-state index is -0.493. The van der Waals surface area contributed by atoms with Gasteiger partial charge in [0.15, 0.2) is 0 Å². The Labute approximate surface area is 132 Å². The van der Waals surface area contributed by atoms with E-state index in [4.69, 9.17) is 9.47 Å². The Balaban J connectivity index is 0.00000400. The number of amides is 1. The number of ether oxygens (including phenoxy) is 2. The number of hydrogen-bond donors (Lipinski definition) is 2. The van der Waals surface area contributed by atoms with Crippen LogP contribution in [0.15, 0.2) is 24.3 Å². The zero-order valence-electron chi connectivity index (χ0n) is 13.1. The minimum absolute atomic E-state index is 0. The Bertz CT molecular complexity index is 439. The summed E-state index contributed by atoms with van der Waals surface area (Å²) >= 11 is 0. The molecule has 5 nitrogen and oxygen atoms in total. The number of benzene rings is 1. The third-order valence-electron chi connectivity index (χ3n) is 3.00. The molecule has 0 radical (unpaired) electrons. The van der Waals surface area contributed by atoms with Crippen LogP contribution in [-0.2, 0) is 15.1 Å². The van der Waals surface area contributed by atoms with Gasteiger partial charge in [0.1, 0.15) is 5.75 Å². The van der Waals surface area contributed by atoms with Crippen molar-refractivity contribution in [1.82, 2.24) is 10.6 Å². The standard InChI is InChI=1S/C15H24N2O3.ClH/c1-15(2,12-7-5-6-8-13(12)20-4)17-14(18)11-16-9-10-19-3;/h5-8,16H,9-11H2,1-4H3,(H,17,18);1H. The molecule has 0 atom stereocenters. The molecule has 1 amide bonds. The Morgan fingerprint density at radius 1 is 1.24 bits per heavy atom. The molecule has 1 aromatic carbocycles. The first-order valence-corrected chi connectivity index (χ1v) is 6.65. The number of hydrogen-bond acceptors (Lipinski definition) is 4. The first-order chi connectivity index (χ1) is 9.51. The average Bonchev–Trinajstić information content (AvgIpc) is 2.43. The van der Waals surface area contributed by atoms with Crippen molar-refractivity contribution in [1.29, 1.82) is 0 Å². The summed E-state index contributed by atoms with van der Waals surface area (Å²) in [5.74, 6) is 0.710. The molecule has 0 aromatic heterocycles. The van der Waals surface area contributed by atoms with Gasteiger partial charge in [-0.05, 0) is 19.9 Å². The summed E-state index contributed by atoms with van der Waals surface area (Å²) in [6.45, 7) is 5.42. The number of rotatable bonds is 8. The van der Waals surface area contributed by atoms with Crippen LogP contribution in [0.25, 0.3) is 0 Å². The van der Waals surface area contributed by atoms with Gasteiger partial charge in [-0.1, -0.05) is 18.2 Å². The Hall–Kier alpha value is -1.30. The van der Waals surface area contributed by atoms with E-state index in [0.717, 1.165) is 11.3 Å². The fourth-order valence-electron chi connectivity index (χ4n) is 2.00. The highest BCUT2D eigenvalue weighted by Gasteiger charge is 2.25. The molecule has 0 unspecified atom stereocenters. The molecule has 2 N–H and O–H groups in total. The Morgan fingerprint density at radius 3 is 2.52 bits per heavy atom. The lowest BCUT2D eigenvalue weighted by molar-refractivity contribution is -0.121. The highest BCUT2D eigenvalue weighted by Crippen LogP contribution is 2.29. The van der Waals surface area contributed by atoms with Gasteiger partial charge in [0.05, 0.1) is 25.8 Å². The normalized spacial score (nSPS) is 10.7. The summed E-state index contributed by atoms with van der Waals surface area (Å²) < 4.78 is 10.3. The Kier molecular flexibility index (Phi) is 9.01. The van der Waals surface area contributed by atoms with Gasteiger partial charge in [0.2, 0.25) is 5.91 Å².